The minimum absolute atomic E-state index is 0.00691. The number of nitrogens with zero attached hydrogens (tertiary/aromatic N) is 1. The molecule has 48 heavy (non-hydrogen) atoms. The summed E-state index contributed by atoms with van der Waals surface area (Å²) < 4.78 is 33.1. The number of hydrogen-bond acceptors (Lipinski definition) is 4. The summed E-state index contributed by atoms with van der Waals surface area (Å²) in [6.07, 6.45) is 0. The Morgan fingerprint density at radius 2 is 1.02 bits per heavy atom. The Morgan fingerprint density at radius 3 is 1.69 bits per heavy atom. The van der Waals surface area contributed by atoms with Gasteiger partial charge in [0.1, 0.15) is 11.2 Å². The van der Waals surface area contributed by atoms with Crippen molar-refractivity contribution in [2.75, 3.05) is 0 Å². The summed E-state index contributed by atoms with van der Waals surface area (Å²) in [7, 11) is -3.37. The predicted octanol–water partition coefficient (Wildman–Crippen LogP) is 10.7. The first kappa shape index (κ1) is 28.4. The van der Waals surface area contributed by atoms with E-state index in [0.717, 1.165) is 89.0 Å². The average Bonchev–Trinajstić information content (AvgIpc) is 3.46. The zero-order chi connectivity index (χ0) is 32.2. The second-order valence-electron chi connectivity index (χ2n) is 12.4. The lowest BCUT2D eigenvalue weighted by Crippen LogP contribution is -2.05. The maximum absolute atomic E-state index is 13.4. The fourth-order valence-corrected chi connectivity index (χ4v) is 8.52. The van der Waals surface area contributed by atoms with Crippen LogP contribution in [0.1, 0.15) is 11.1 Å². The second-order valence-corrected chi connectivity index (χ2v) is 14.5. The minimum atomic E-state index is -3.37. The number of aromatic nitrogens is 1. The van der Waals surface area contributed by atoms with Crippen LogP contribution >= 0.6 is 0 Å². The molecule has 0 saturated heterocycles. The van der Waals surface area contributed by atoms with Crippen LogP contribution in [0.4, 0.5) is 0 Å². The van der Waals surface area contributed by atoms with Gasteiger partial charge in [0.15, 0.2) is 9.84 Å². The minimum Gasteiger partial charge on any atom is -0.455 e. The number of benzene rings is 6. The Morgan fingerprint density at radius 1 is 0.458 bits per heavy atom. The molecule has 4 nitrogen and oxygen atoms in total. The number of pyridine rings is 1. The highest BCUT2D eigenvalue weighted by Crippen LogP contribution is 2.42. The number of sulfone groups is 1. The van der Waals surface area contributed by atoms with Gasteiger partial charge in [0.2, 0.25) is 0 Å². The van der Waals surface area contributed by atoms with Crippen molar-refractivity contribution < 1.29 is 12.8 Å². The number of rotatable bonds is 4. The molecule has 230 valence electrons. The van der Waals surface area contributed by atoms with E-state index in [2.05, 4.69) is 72.8 Å². The van der Waals surface area contributed by atoms with E-state index in [1.165, 1.54) is 0 Å². The topological polar surface area (TPSA) is 60.2 Å². The van der Waals surface area contributed by atoms with Crippen LogP contribution in [0.5, 0.6) is 0 Å². The van der Waals surface area contributed by atoms with Crippen LogP contribution in [0.25, 0.3) is 77.8 Å². The number of hydrogen-bond donors (Lipinski definition) is 0. The highest BCUT2D eigenvalue weighted by atomic mass is 32.2. The van der Waals surface area contributed by atoms with E-state index >= 15 is 0 Å². The Labute approximate surface area is 278 Å². The van der Waals surface area contributed by atoms with Gasteiger partial charge in [-0.05, 0) is 69.3 Å². The summed E-state index contributed by atoms with van der Waals surface area (Å²) in [5, 5.41) is 2.14. The lowest BCUT2D eigenvalue weighted by molar-refractivity contribution is 0.595. The molecule has 0 unspecified atom stereocenters. The quantitative estimate of drug-likeness (QED) is 0.192. The van der Waals surface area contributed by atoms with Crippen molar-refractivity contribution in [2.45, 2.75) is 11.5 Å². The molecule has 9 rings (SSSR count). The normalized spacial score (nSPS) is 13.6. The van der Waals surface area contributed by atoms with Gasteiger partial charge in [-0.15, -0.1) is 0 Å². The van der Waals surface area contributed by atoms with Gasteiger partial charge in [0.25, 0.3) is 0 Å². The summed E-state index contributed by atoms with van der Waals surface area (Å²) in [4.78, 5) is 5.05. The smallest absolute Gasteiger partial charge is 0.158 e. The van der Waals surface area contributed by atoms with E-state index in [9.17, 15) is 8.42 Å². The second kappa shape index (κ2) is 11.2. The SMILES string of the molecule is O=S1(=O)Cc2ccc(-c3cc(-c4ccccc4)nc(-c4ccccc4)c3)cc2-c2cc(-c3cccc4c3oc3ccccc34)ccc2C1. The predicted molar refractivity (Wildman–Crippen MR) is 195 cm³/mol. The highest BCUT2D eigenvalue weighted by molar-refractivity contribution is 7.89. The molecule has 6 aromatic carbocycles. The molecule has 3 heterocycles. The fourth-order valence-electron chi connectivity index (χ4n) is 6.96. The summed E-state index contributed by atoms with van der Waals surface area (Å²) in [5.74, 6) is -0.0142. The average molecular weight is 640 g/mol. The monoisotopic (exact) mass is 639 g/mol. The molecular weight excluding hydrogens is 611 g/mol. The summed E-state index contributed by atoms with van der Waals surface area (Å²) >= 11 is 0. The van der Waals surface area contributed by atoms with Gasteiger partial charge in [0.05, 0.1) is 22.9 Å². The molecule has 0 spiro atoms. The summed E-state index contributed by atoms with van der Waals surface area (Å²) in [6, 6.07) is 51.2. The lowest BCUT2D eigenvalue weighted by atomic mass is 9.90. The lowest BCUT2D eigenvalue weighted by Gasteiger charge is -2.15. The van der Waals surface area contributed by atoms with E-state index in [0.29, 0.717) is 0 Å². The van der Waals surface area contributed by atoms with Crippen LogP contribution in [-0.4, -0.2) is 13.4 Å². The zero-order valence-corrected chi connectivity index (χ0v) is 26.7. The third-order valence-electron chi connectivity index (χ3n) is 9.27. The molecule has 0 aliphatic carbocycles. The van der Waals surface area contributed by atoms with E-state index in [4.69, 9.17) is 9.40 Å². The van der Waals surface area contributed by atoms with Crippen LogP contribution < -0.4 is 0 Å². The number of fused-ring (bicyclic) bond motifs is 6. The standard InChI is InChI=1S/C43H29NO3S/c45-48(46)26-32-20-18-30(34-24-40(28-10-3-1-4-11-28)44-41(25-34)29-12-5-2-6-13-29)22-38(32)39-23-31(19-21-33(39)27-48)35-15-9-16-37-36-14-7-8-17-42(36)47-43(35)37/h1-25H,26-27H2. The number of para-hydroxylation sites is 2. The van der Waals surface area contributed by atoms with Gasteiger partial charge in [0, 0.05) is 27.5 Å². The maximum Gasteiger partial charge on any atom is 0.158 e. The zero-order valence-electron chi connectivity index (χ0n) is 25.9. The van der Waals surface area contributed by atoms with E-state index < -0.39 is 9.84 Å². The summed E-state index contributed by atoms with van der Waals surface area (Å²) in [6.45, 7) is 0. The van der Waals surface area contributed by atoms with Crippen molar-refractivity contribution in [2.24, 2.45) is 0 Å². The number of furan rings is 1. The third kappa shape index (κ3) is 5.00. The van der Waals surface area contributed by atoms with Gasteiger partial charge < -0.3 is 4.42 Å². The largest absolute Gasteiger partial charge is 0.455 e. The van der Waals surface area contributed by atoms with Gasteiger partial charge in [-0.3, -0.25) is 0 Å². The Hall–Kier alpha value is -5.78. The molecule has 0 N–H and O–H groups in total. The van der Waals surface area contributed by atoms with E-state index in [-0.39, 0.29) is 11.5 Å². The maximum atomic E-state index is 13.4. The first-order valence-electron chi connectivity index (χ1n) is 16.0. The molecule has 5 heteroatoms. The molecule has 0 saturated carbocycles. The van der Waals surface area contributed by atoms with Gasteiger partial charge in [-0.2, -0.15) is 0 Å². The van der Waals surface area contributed by atoms with Crippen molar-refractivity contribution in [1.82, 2.24) is 4.98 Å². The van der Waals surface area contributed by atoms with Crippen LogP contribution in [-0.2, 0) is 21.3 Å². The molecular formula is C43H29NO3S. The first-order chi connectivity index (χ1) is 23.5. The van der Waals surface area contributed by atoms with Crippen LogP contribution in [0.2, 0.25) is 0 Å². The van der Waals surface area contributed by atoms with E-state index in [1.54, 1.807) is 0 Å². The Kier molecular flexibility index (Phi) is 6.63. The van der Waals surface area contributed by atoms with Crippen molar-refractivity contribution in [3.05, 3.63) is 163 Å². The molecule has 0 atom stereocenters. The van der Waals surface area contributed by atoms with Crippen molar-refractivity contribution in [1.29, 1.82) is 0 Å². The molecule has 2 aromatic heterocycles. The fraction of sp³-hybridized carbons (Fsp3) is 0.0465. The van der Waals surface area contributed by atoms with Crippen molar-refractivity contribution in [3.8, 4) is 55.9 Å². The molecule has 0 radical (unpaired) electrons. The van der Waals surface area contributed by atoms with Crippen molar-refractivity contribution >= 4 is 31.8 Å². The first-order valence-corrected chi connectivity index (χ1v) is 17.8. The molecule has 0 amide bonds. The third-order valence-corrected chi connectivity index (χ3v) is 10.8. The van der Waals surface area contributed by atoms with Crippen LogP contribution in [0.3, 0.4) is 0 Å². The van der Waals surface area contributed by atoms with Crippen molar-refractivity contribution in [3.63, 3.8) is 0 Å². The molecule has 8 aromatic rings. The molecule has 0 bridgehead atoms. The molecule has 1 aliphatic rings. The summed E-state index contributed by atoms with van der Waals surface area (Å²) in [5.41, 5.74) is 12.9. The van der Waals surface area contributed by atoms with Gasteiger partial charge in [-0.25, -0.2) is 13.4 Å². The van der Waals surface area contributed by atoms with Gasteiger partial charge >= 0.3 is 0 Å². The van der Waals surface area contributed by atoms with Crippen LogP contribution in [0, 0.1) is 0 Å². The highest BCUT2D eigenvalue weighted by Gasteiger charge is 2.25. The Balaban J connectivity index is 1.23. The van der Waals surface area contributed by atoms with Crippen LogP contribution in [0.15, 0.2) is 156 Å². The van der Waals surface area contributed by atoms with E-state index in [1.807, 2.05) is 78.9 Å². The van der Waals surface area contributed by atoms with Gasteiger partial charge in [-0.1, -0.05) is 121 Å². The Bertz CT molecular complexity index is 2570. The molecule has 0 fully saturated rings. The molecule has 1 aliphatic heterocycles.